The van der Waals surface area contributed by atoms with Crippen molar-refractivity contribution in [1.29, 1.82) is 0 Å². The number of carbonyl (C=O) groups excluding carboxylic acids is 2. The Morgan fingerprint density at radius 3 is 2.50 bits per heavy atom. The van der Waals surface area contributed by atoms with Gasteiger partial charge in [0, 0.05) is 0 Å². The molecule has 0 amide bonds. The number of esters is 1. The topological polar surface area (TPSA) is 43.4 Å². The minimum absolute atomic E-state index is 0.179. The first kappa shape index (κ1) is 11.6. The minimum atomic E-state index is -0.693. The molecule has 0 heterocycles. The van der Waals surface area contributed by atoms with Crippen LogP contribution in [0.3, 0.4) is 0 Å². The fourth-order valence-electron chi connectivity index (χ4n) is 0.573. The van der Waals surface area contributed by atoms with Crippen LogP contribution < -0.4 is 0 Å². The number of hydrogen-bond acceptors (Lipinski definition) is 3. The van der Waals surface area contributed by atoms with Crippen molar-refractivity contribution >= 4 is 21.0 Å². The zero-order valence-corrected chi connectivity index (χ0v) is 8.66. The minimum Gasteiger partial charge on any atom is -0.465 e. The third kappa shape index (κ3) is 4.45. The van der Waals surface area contributed by atoms with Crippen LogP contribution in [0.5, 0.6) is 0 Å². The monoisotopic (exact) mass is 190 g/mol. The maximum atomic E-state index is 11.0. The first-order chi connectivity index (χ1) is 5.59. The molecule has 0 aliphatic carbocycles. The van der Waals surface area contributed by atoms with Crippen LogP contribution in [-0.2, 0) is 14.3 Å². The molecule has 0 fully saturated rings. The van der Waals surface area contributed by atoms with Crippen molar-refractivity contribution in [2.45, 2.75) is 32.3 Å². The lowest BCUT2D eigenvalue weighted by Gasteiger charge is -2.07. The molecular formula is C8H15O3P. The third-order valence-electron chi connectivity index (χ3n) is 1.43. The average Bonchev–Trinajstić information content (AvgIpc) is 2.03. The van der Waals surface area contributed by atoms with Crippen molar-refractivity contribution in [3.8, 4) is 0 Å². The average molecular weight is 190 g/mol. The number of unbranched alkanes of at least 4 members (excludes halogenated alkanes) is 1. The molecule has 0 aromatic rings. The van der Waals surface area contributed by atoms with Crippen LogP contribution in [0.15, 0.2) is 0 Å². The van der Waals surface area contributed by atoms with Crippen LogP contribution in [0.1, 0.15) is 26.7 Å². The number of ether oxygens (including phenoxy) is 1. The van der Waals surface area contributed by atoms with Crippen LogP contribution in [0.4, 0.5) is 0 Å². The van der Waals surface area contributed by atoms with Crippen LogP contribution in [0, 0.1) is 0 Å². The summed E-state index contributed by atoms with van der Waals surface area (Å²) in [5.41, 5.74) is -0.693. The van der Waals surface area contributed by atoms with Crippen molar-refractivity contribution in [3.63, 3.8) is 0 Å². The molecule has 4 heteroatoms. The second kappa shape index (κ2) is 6.13. The normalized spacial score (nSPS) is 12.2. The molecule has 0 bridgehead atoms. The Kier molecular flexibility index (Phi) is 5.91. The van der Waals surface area contributed by atoms with E-state index in [1.807, 2.05) is 6.92 Å². The summed E-state index contributed by atoms with van der Waals surface area (Å²) in [6.45, 7) is 3.79. The van der Waals surface area contributed by atoms with Gasteiger partial charge >= 0.3 is 5.97 Å². The van der Waals surface area contributed by atoms with Crippen LogP contribution in [0.2, 0.25) is 0 Å². The molecule has 0 saturated heterocycles. The Balaban J connectivity index is 3.65. The van der Waals surface area contributed by atoms with Gasteiger partial charge in [-0.2, -0.15) is 0 Å². The molecule has 0 aliphatic rings. The smallest absolute Gasteiger partial charge is 0.320 e. The summed E-state index contributed by atoms with van der Waals surface area (Å²) in [5, 5.41) is 0. The van der Waals surface area contributed by atoms with Gasteiger partial charge in [0.25, 0.3) is 0 Å². The summed E-state index contributed by atoms with van der Waals surface area (Å²) < 4.78 is 4.82. The molecule has 0 aromatic heterocycles. The van der Waals surface area contributed by atoms with Gasteiger partial charge in [0.05, 0.1) is 6.61 Å². The van der Waals surface area contributed by atoms with Gasteiger partial charge in [-0.15, -0.1) is 9.24 Å². The second-order valence-electron chi connectivity index (χ2n) is 2.61. The van der Waals surface area contributed by atoms with E-state index in [2.05, 4.69) is 9.24 Å². The molecule has 0 saturated carbocycles. The summed E-state index contributed by atoms with van der Waals surface area (Å²) in [7, 11) is 2.17. The SMILES string of the molecule is CCCCOC(=O)C(P)C(C)=O. The van der Waals surface area contributed by atoms with Crippen molar-refractivity contribution in [2.75, 3.05) is 6.61 Å². The zero-order chi connectivity index (χ0) is 9.56. The molecule has 0 rings (SSSR count). The number of Topliss-reactive ketones (excluding diaryl/α,β-unsaturated/α-hetero) is 1. The summed E-state index contributed by atoms with van der Waals surface area (Å²) in [4.78, 5) is 21.7. The van der Waals surface area contributed by atoms with E-state index < -0.39 is 11.6 Å². The maximum absolute atomic E-state index is 11.0. The maximum Gasteiger partial charge on any atom is 0.320 e. The Hall–Kier alpha value is -0.430. The molecule has 0 aromatic carbocycles. The van der Waals surface area contributed by atoms with Crippen molar-refractivity contribution < 1.29 is 14.3 Å². The van der Waals surface area contributed by atoms with E-state index in [9.17, 15) is 9.59 Å². The number of rotatable bonds is 5. The molecule has 2 atom stereocenters. The Bertz CT molecular complexity index is 168. The number of ketones is 1. The van der Waals surface area contributed by atoms with Gasteiger partial charge in [-0.3, -0.25) is 9.59 Å². The molecule has 2 unspecified atom stereocenters. The van der Waals surface area contributed by atoms with Crippen LogP contribution in [-0.4, -0.2) is 24.0 Å². The molecule has 0 N–H and O–H groups in total. The van der Waals surface area contributed by atoms with E-state index in [1.54, 1.807) is 0 Å². The lowest BCUT2D eigenvalue weighted by Crippen LogP contribution is -2.24. The molecule has 0 spiro atoms. The Morgan fingerprint density at radius 2 is 2.08 bits per heavy atom. The Morgan fingerprint density at radius 1 is 1.50 bits per heavy atom. The lowest BCUT2D eigenvalue weighted by molar-refractivity contribution is -0.145. The zero-order valence-electron chi connectivity index (χ0n) is 7.50. The lowest BCUT2D eigenvalue weighted by atomic mass is 10.3. The van der Waals surface area contributed by atoms with E-state index in [0.717, 1.165) is 12.8 Å². The quantitative estimate of drug-likeness (QED) is 0.283. The van der Waals surface area contributed by atoms with E-state index in [0.29, 0.717) is 6.61 Å². The number of hydrogen-bond donors (Lipinski definition) is 0. The molecular weight excluding hydrogens is 175 g/mol. The standard InChI is InChI=1S/C8H15O3P/c1-3-4-5-11-8(10)7(12)6(2)9/h7H,3-5,12H2,1-2H3. The highest BCUT2D eigenvalue weighted by molar-refractivity contribution is 7.21. The summed E-state index contributed by atoms with van der Waals surface area (Å²) in [6, 6.07) is 0. The second-order valence-corrected chi connectivity index (χ2v) is 3.28. The van der Waals surface area contributed by atoms with E-state index >= 15 is 0 Å². The van der Waals surface area contributed by atoms with Gasteiger partial charge < -0.3 is 4.74 Å². The predicted molar refractivity (Wildman–Crippen MR) is 50.0 cm³/mol. The van der Waals surface area contributed by atoms with E-state index in [1.165, 1.54) is 6.92 Å². The Labute approximate surface area is 75.1 Å². The van der Waals surface area contributed by atoms with Gasteiger partial charge in [-0.1, -0.05) is 13.3 Å². The predicted octanol–water partition coefficient (Wildman–Crippen LogP) is 1.16. The number of carbonyl (C=O) groups is 2. The van der Waals surface area contributed by atoms with Crippen LogP contribution >= 0.6 is 9.24 Å². The molecule has 0 radical (unpaired) electrons. The summed E-state index contributed by atoms with van der Waals surface area (Å²) >= 11 is 0. The third-order valence-corrected chi connectivity index (χ3v) is 2.18. The highest BCUT2D eigenvalue weighted by Crippen LogP contribution is 2.04. The van der Waals surface area contributed by atoms with E-state index in [-0.39, 0.29) is 5.78 Å². The molecule has 3 nitrogen and oxygen atoms in total. The highest BCUT2D eigenvalue weighted by atomic mass is 31.0. The summed E-state index contributed by atoms with van der Waals surface area (Å²) in [6.07, 6.45) is 1.83. The van der Waals surface area contributed by atoms with Crippen molar-refractivity contribution in [3.05, 3.63) is 0 Å². The van der Waals surface area contributed by atoms with Crippen molar-refractivity contribution in [1.82, 2.24) is 0 Å². The first-order valence-electron chi connectivity index (χ1n) is 4.02. The van der Waals surface area contributed by atoms with Gasteiger partial charge in [-0.25, -0.2) is 0 Å². The first-order valence-corrected chi connectivity index (χ1v) is 4.69. The van der Waals surface area contributed by atoms with Gasteiger partial charge in [0.1, 0.15) is 11.4 Å². The largest absolute Gasteiger partial charge is 0.465 e. The highest BCUT2D eigenvalue weighted by Gasteiger charge is 2.18. The summed E-state index contributed by atoms with van der Waals surface area (Å²) in [5.74, 6) is -0.623. The van der Waals surface area contributed by atoms with Gasteiger partial charge in [0.2, 0.25) is 0 Å². The molecule has 12 heavy (non-hydrogen) atoms. The van der Waals surface area contributed by atoms with Gasteiger partial charge in [-0.05, 0) is 13.3 Å². The van der Waals surface area contributed by atoms with Gasteiger partial charge in [0.15, 0.2) is 0 Å². The van der Waals surface area contributed by atoms with Crippen molar-refractivity contribution in [2.24, 2.45) is 0 Å². The van der Waals surface area contributed by atoms with E-state index in [4.69, 9.17) is 4.74 Å². The fourth-order valence-corrected chi connectivity index (χ4v) is 0.669. The van der Waals surface area contributed by atoms with Crippen LogP contribution in [0.25, 0.3) is 0 Å². The molecule has 70 valence electrons. The molecule has 0 aliphatic heterocycles. The fraction of sp³-hybridized carbons (Fsp3) is 0.750.